The fraction of sp³-hybridized carbons (Fsp3) is 0.300. The van der Waals surface area contributed by atoms with E-state index in [1.807, 2.05) is 0 Å². The first-order chi connectivity index (χ1) is 28.3. The molecule has 3 aromatic rings. The lowest BCUT2D eigenvalue weighted by atomic mass is 9.95. The molecule has 2 aliphatic rings. The number of carbonyl (C=O) groups is 8. The third-order valence-electron chi connectivity index (χ3n) is 9.77. The van der Waals surface area contributed by atoms with Crippen molar-refractivity contribution in [1.82, 2.24) is 19.9 Å². The summed E-state index contributed by atoms with van der Waals surface area (Å²) in [5, 5.41) is 86.7. The minimum atomic E-state index is -1.51. The molecule has 0 aliphatic carbocycles. The first-order valence-corrected chi connectivity index (χ1v) is 18.2. The van der Waals surface area contributed by atoms with Gasteiger partial charge in [0, 0.05) is 45.9 Å². The molecule has 0 fully saturated rings. The van der Waals surface area contributed by atoms with Crippen LogP contribution in [0.5, 0.6) is 0 Å². The molecular formula is C40H34N4O16-4. The molecular weight excluding hydrogens is 792 g/mol. The Morgan fingerprint density at radius 1 is 0.400 bits per heavy atom. The van der Waals surface area contributed by atoms with Gasteiger partial charge in [-0.25, -0.2) is 9.97 Å². The first kappa shape index (κ1) is 43.5. The Balaban J connectivity index is 2.09. The predicted octanol–water partition coefficient (Wildman–Crippen LogP) is -1.23. The van der Waals surface area contributed by atoms with Crippen LogP contribution in [0, 0.1) is 0 Å². The number of carboxylic acids is 8. The summed E-state index contributed by atoms with van der Waals surface area (Å²) in [6, 6.07) is 5.19. The maximum absolute atomic E-state index is 12.3. The van der Waals surface area contributed by atoms with Gasteiger partial charge in [0.05, 0.1) is 48.5 Å². The van der Waals surface area contributed by atoms with Gasteiger partial charge >= 0.3 is 23.9 Å². The molecule has 0 atom stereocenters. The van der Waals surface area contributed by atoms with Crippen molar-refractivity contribution in [3.63, 3.8) is 0 Å². The van der Waals surface area contributed by atoms with E-state index in [1.165, 1.54) is 24.3 Å². The Bertz CT molecular complexity index is 2590. The summed E-state index contributed by atoms with van der Waals surface area (Å²) in [4.78, 5) is 111. The number of carboxylic acid groups (broad SMARTS) is 8. The molecule has 8 bridgehead atoms. The molecule has 60 heavy (non-hydrogen) atoms. The molecule has 0 spiro atoms. The van der Waals surface area contributed by atoms with Gasteiger partial charge in [0.1, 0.15) is 0 Å². The zero-order chi connectivity index (χ0) is 44.0. The SMILES string of the molecule is O=C([O-])CCC1=C(CC(=O)O)c2cc3nc(cc4[nH]c(cc5[nH]c(cc1n2)c(CC(=O)O)c5CCC(=O)[O-])c(CCC(=O)[O-])c4CC(=O)O)C(CC(=O)O)=C3CCC(=O)[O-]. The summed E-state index contributed by atoms with van der Waals surface area (Å²) >= 11 is 0. The molecule has 0 saturated carbocycles. The fourth-order valence-electron chi connectivity index (χ4n) is 7.35. The van der Waals surface area contributed by atoms with Gasteiger partial charge in [-0.15, -0.1) is 0 Å². The van der Waals surface area contributed by atoms with E-state index in [9.17, 15) is 79.2 Å². The van der Waals surface area contributed by atoms with Gasteiger partial charge in [0.15, 0.2) is 0 Å². The van der Waals surface area contributed by atoms with Crippen LogP contribution in [0.3, 0.4) is 0 Å². The smallest absolute Gasteiger partial charge is 0.307 e. The Morgan fingerprint density at radius 2 is 0.700 bits per heavy atom. The quantitative estimate of drug-likeness (QED) is 0.0776. The van der Waals surface area contributed by atoms with E-state index in [-0.39, 0.29) is 115 Å². The second-order valence-electron chi connectivity index (χ2n) is 13.8. The highest BCUT2D eigenvalue weighted by atomic mass is 16.4. The van der Waals surface area contributed by atoms with E-state index >= 15 is 0 Å². The minimum absolute atomic E-state index is 0.00326. The Kier molecular flexibility index (Phi) is 13.3. The highest BCUT2D eigenvalue weighted by Gasteiger charge is 2.27. The molecule has 0 unspecified atom stereocenters. The molecule has 6 N–H and O–H groups in total. The molecule has 20 nitrogen and oxygen atoms in total. The largest absolute Gasteiger partial charge is 0.550 e. The number of aliphatic carboxylic acids is 8. The maximum Gasteiger partial charge on any atom is 0.307 e. The van der Waals surface area contributed by atoms with Crippen molar-refractivity contribution in [1.29, 1.82) is 0 Å². The lowest BCUT2D eigenvalue weighted by Crippen LogP contribution is -2.22. The van der Waals surface area contributed by atoms with Crippen LogP contribution in [-0.4, -0.2) is 88.1 Å². The lowest BCUT2D eigenvalue weighted by Gasteiger charge is -2.09. The molecule has 0 radical (unpaired) electrons. The summed E-state index contributed by atoms with van der Waals surface area (Å²) in [7, 11) is 0. The van der Waals surface area contributed by atoms with Gasteiger partial charge in [-0.05, 0) is 120 Å². The Hall–Kier alpha value is -7.64. The predicted molar refractivity (Wildman–Crippen MR) is 197 cm³/mol. The number of H-pyrrole nitrogens is 2. The number of fused-ring (bicyclic) bond motifs is 8. The van der Waals surface area contributed by atoms with E-state index in [0.29, 0.717) is 0 Å². The summed E-state index contributed by atoms with van der Waals surface area (Å²) in [6.07, 6.45) is -6.75. The van der Waals surface area contributed by atoms with Gasteiger partial charge in [0.25, 0.3) is 0 Å². The zero-order valence-electron chi connectivity index (χ0n) is 31.4. The third-order valence-corrected chi connectivity index (χ3v) is 9.77. The van der Waals surface area contributed by atoms with Crippen molar-refractivity contribution in [2.24, 2.45) is 0 Å². The van der Waals surface area contributed by atoms with E-state index < -0.39 is 99.1 Å². The molecule has 2 aliphatic heterocycles. The number of hydrogen-bond donors (Lipinski definition) is 6. The Morgan fingerprint density at radius 3 is 1.05 bits per heavy atom. The second kappa shape index (κ2) is 18.3. The fourth-order valence-corrected chi connectivity index (χ4v) is 7.35. The highest BCUT2D eigenvalue weighted by molar-refractivity contribution is 6.02. The van der Waals surface area contributed by atoms with Gasteiger partial charge in [-0.3, -0.25) is 19.2 Å². The number of rotatable bonds is 20. The number of allylic oxidation sites excluding steroid dienone is 2. The number of aryl methyl sites for hydroxylation is 2. The van der Waals surface area contributed by atoms with Crippen molar-refractivity contribution in [3.05, 3.63) is 69.3 Å². The number of nitrogens with one attached hydrogen (secondary N) is 2. The normalized spacial score (nSPS) is 12.4. The number of hydrogen-bond acceptors (Lipinski definition) is 14. The maximum atomic E-state index is 12.3. The molecule has 0 saturated heterocycles. The van der Waals surface area contributed by atoms with Gasteiger partial charge in [-0.2, -0.15) is 0 Å². The molecule has 5 heterocycles. The van der Waals surface area contributed by atoms with E-state index in [1.54, 1.807) is 0 Å². The molecule has 0 aromatic carbocycles. The Labute approximate surface area is 337 Å². The number of aromatic amines is 2. The standard InChI is InChI=1S/C40H38N4O16/c45-33(46)5-1-17-21(9-37(53)54)29-14-27-19(3-7-35(49)50)22(10-38(55)56)30(43-27)15-28-20(4-8-36(51)52)24(12-40(59)60)32(44-28)16-31-23(11-39(57)58)18(2-6-34(47)48)26(42-31)13-25(17)41-29/h13-16,41-42H,1-12H2,(H,45,46)(H,47,48)(H,49,50)(H,51,52)(H,53,54)(H,55,56)(H,57,58)(H,59,60)/p-4. The van der Waals surface area contributed by atoms with Crippen LogP contribution in [0.1, 0.15) is 96.4 Å². The zero-order valence-corrected chi connectivity index (χ0v) is 31.4. The van der Waals surface area contributed by atoms with Gasteiger partial charge in [0.2, 0.25) is 0 Å². The van der Waals surface area contributed by atoms with Gasteiger partial charge in [-0.1, -0.05) is 0 Å². The molecule has 3 aromatic heterocycles. The van der Waals surface area contributed by atoms with Crippen molar-refractivity contribution >= 4 is 92.1 Å². The summed E-state index contributed by atoms with van der Waals surface area (Å²) in [5.41, 5.74) is 0.190. The number of aromatic nitrogens is 4. The van der Waals surface area contributed by atoms with Crippen molar-refractivity contribution in [2.75, 3.05) is 0 Å². The third kappa shape index (κ3) is 10.4. The van der Waals surface area contributed by atoms with Crippen LogP contribution >= 0.6 is 0 Å². The van der Waals surface area contributed by atoms with Crippen LogP contribution in [0.2, 0.25) is 0 Å². The van der Waals surface area contributed by atoms with Crippen LogP contribution in [0.25, 0.3) is 44.4 Å². The minimum Gasteiger partial charge on any atom is -0.550 e. The topological polar surface area (TPSA) is 367 Å². The highest BCUT2D eigenvalue weighted by Crippen LogP contribution is 2.40. The molecule has 0 amide bonds. The molecule has 314 valence electrons. The van der Waals surface area contributed by atoms with Crippen molar-refractivity contribution in [2.45, 2.75) is 77.0 Å². The van der Waals surface area contributed by atoms with Crippen molar-refractivity contribution < 1.29 is 79.2 Å². The van der Waals surface area contributed by atoms with E-state index in [0.717, 1.165) is 0 Å². The second-order valence-corrected chi connectivity index (χ2v) is 13.8. The van der Waals surface area contributed by atoms with Crippen LogP contribution in [0.15, 0.2) is 24.3 Å². The summed E-state index contributed by atoms with van der Waals surface area (Å²) in [6.45, 7) is 0. The lowest BCUT2D eigenvalue weighted by molar-refractivity contribution is -0.307. The monoisotopic (exact) mass is 826 g/mol. The van der Waals surface area contributed by atoms with Crippen molar-refractivity contribution in [3.8, 4) is 0 Å². The van der Waals surface area contributed by atoms with Crippen LogP contribution < -0.4 is 20.4 Å². The van der Waals surface area contributed by atoms with Gasteiger partial charge < -0.3 is 70.0 Å². The van der Waals surface area contributed by atoms with Crippen LogP contribution in [0.4, 0.5) is 0 Å². The van der Waals surface area contributed by atoms with E-state index in [4.69, 9.17) is 0 Å². The average Bonchev–Trinajstić information content (AvgIpc) is 3.81. The van der Waals surface area contributed by atoms with Crippen LogP contribution in [-0.2, 0) is 64.0 Å². The number of nitrogens with zero attached hydrogens (tertiary/aromatic N) is 2. The summed E-state index contributed by atoms with van der Waals surface area (Å²) in [5.74, 6) is -11.5. The van der Waals surface area contributed by atoms with E-state index in [2.05, 4.69) is 19.9 Å². The number of carbonyl (C=O) groups excluding carboxylic acids is 4. The summed E-state index contributed by atoms with van der Waals surface area (Å²) < 4.78 is 0. The molecule has 20 heteroatoms. The average molecular weight is 827 g/mol. The molecule has 5 rings (SSSR count). The first-order valence-electron chi connectivity index (χ1n) is 18.2.